The van der Waals surface area contributed by atoms with E-state index >= 15 is 0 Å². The fourth-order valence-corrected chi connectivity index (χ4v) is 4.49. The van der Waals surface area contributed by atoms with Crippen LogP contribution in [-0.2, 0) is 16.1 Å². The lowest BCUT2D eigenvalue weighted by molar-refractivity contribution is -0.143. The summed E-state index contributed by atoms with van der Waals surface area (Å²) in [5.41, 5.74) is 0.714. The van der Waals surface area contributed by atoms with E-state index < -0.39 is 6.04 Å². The van der Waals surface area contributed by atoms with E-state index in [0.717, 1.165) is 25.7 Å². The molecule has 0 aliphatic heterocycles. The maximum absolute atomic E-state index is 13.3. The minimum Gasteiger partial charge on any atom is -0.497 e. The molecule has 1 aliphatic carbocycles. The molecule has 2 aromatic carbocycles. The largest absolute Gasteiger partial charge is 0.497 e. The summed E-state index contributed by atoms with van der Waals surface area (Å²) in [6, 6.07) is 11.6. The zero-order valence-electron chi connectivity index (χ0n) is 19.0. The Hall–Kier alpha value is -2.44. The minimum absolute atomic E-state index is 0.146. The Balaban J connectivity index is 1.77. The molecule has 1 aliphatic rings. The zero-order valence-corrected chi connectivity index (χ0v) is 20.5. The summed E-state index contributed by atoms with van der Waals surface area (Å²) in [6.07, 6.45) is 4.64. The van der Waals surface area contributed by atoms with E-state index in [2.05, 4.69) is 5.32 Å². The fourth-order valence-electron chi connectivity index (χ4n) is 4.02. The fraction of sp³-hybridized carbons (Fsp3) is 0.440. The molecule has 2 amide bonds. The molecule has 0 saturated heterocycles. The van der Waals surface area contributed by atoms with Crippen molar-refractivity contribution in [3.05, 3.63) is 58.1 Å². The Labute approximate surface area is 205 Å². The van der Waals surface area contributed by atoms with Crippen molar-refractivity contribution in [2.75, 3.05) is 13.7 Å². The van der Waals surface area contributed by atoms with Gasteiger partial charge >= 0.3 is 0 Å². The Morgan fingerprint density at radius 2 is 1.76 bits per heavy atom. The second kappa shape index (κ2) is 12.1. The Morgan fingerprint density at radius 1 is 1.09 bits per heavy atom. The summed E-state index contributed by atoms with van der Waals surface area (Å²) in [6.45, 7) is 1.87. The number of benzene rings is 2. The van der Waals surface area contributed by atoms with E-state index in [4.69, 9.17) is 32.7 Å². The molecule has 0 heterocycles. The van der Waals surface area contributed by atoms with Gasteiger partial charge in [-0.15, -0.1) is 0 Å². The maximum Gasteiger partial charge on any atom is 0.261 e. The summed E-state index contributed by atoms with van der Waals surface area (Å²) in [4.78, 5) is 28.0. The van der Waals surface area contributed by atoms with E-state index in [1.807, 2.05) is 6.92 Å². The highest BCUT2D eigenvalue weighted by molar-refractivity contribution is 6.35. The molecular formula is C25H30Cl2N2O4. The highest BCUT2D eigenvalue weighted by Crippen LogP contribution is 2.25. The number of methoxy groups -OCH3 is 1. The van der Waals surface area contributed by atoms with Crippen molar-refractivity contribution < 1.29 is 19.1 Å². The topological polar surface area (TPSA) is 67.9 Å². The number of nitrogens with one attached hydrogen (secondary N) is 1. The molecule has 0 radical (unpaired) electrons. The van der Waals surface area contributed by atoms with Crippen LogP contribution in [-0.4, -0.2) is 42.5 Å². The smallest absolute Gasteiger partial charge is 0.261 e. The normalized spacial score (nSPS) is 14.5. The molecule has 1 N–H and O–H groups in total. The number of hydrogen-bond acceptors (Lipinski definition) is 4. The molecule has 0 bridgehead atoms. The predicted molar refractivity (Wildman–Crippen MR) is 130 cm³/mol. The standard InChI is InChI=1S/C25H30Cl2N2O4/c1-3-23(25(31)28-19-6-4-5-7-19)29(15-17-8-9-18(26)14-22(17)27)24(30)16-33-21-12-10-20(32-2)11-13-21/h8-14,19,23H,3-7,15-16H2,1-2H3,(H,28,31)/t23-/m0/s1. The van der Waals surface area contributed by atoms with Gasteiger partial charge in [0.05, 0.1) is 7.11 Å². The molecule has 6 nitrogen and oxygen atoms in total. The van der Waals surface area contributed by atoms with Gasteiger partial charge in [-0.25, -0.2) is 0 Å². The molecule has 1 atom stereocenters. The van der Waals surface area contributed by atoms with E-state index in [1.165, 1.54) is 0 Å². The number of carbonyl (C=O) groups is 2. The van der Waals surface area contributed by atoms with Gasteiger partial charge in [0, 0.05) is 22.6 Å². The molecule has 1 fully saturated rings. The highest BCUT2D eigenvalue weighted by Gasteiger charge is 2.31. The number of ether oxygens (including phenoxy) is 2. The third-order valence-electron chi connectivity index (χ3n) is 5.87. The van der Waals surface area contributed by atoms with Crippen LogP contribution in [0.25, 0.3) is 0 Å². The van der Waals surface area contributed by atoms with E-state index in [1.54, 1.807) is 54.5 Å². The van der Waals surface area contributed by atoms with Gasteiger partial charge in [0.25, 0.3) is 5.91 Å². The molecule has 0 unspecified atom stereocenters. The summed E-state index contributed by atoms with van der Waals surface area (Å²) in [5, 5.41) is 4.08. The van der Waals surface area contributed by atoms with Crippen molar-refractivity contribution in [3.8, 4) is 11.5 Å². The van der Waals surface area contributed by atoms with Crippen molar-refractivity contribution >= 4 is 35.0 Å². The first-order valence-electron chi connectivity index (χ1n) is 11.2. The zero-order chi connectivity index (χ0) is 23.8. The summed E-state index contributed by atoms with van der Waals surface area (Å²) in [5.74, 6) is 0.789. The second-order valence-electron chi connectivity index (χ2n) is 8.14. The van der Waals surface area contributed by atoms with E-state index in [9.17, 15) is 9.59 Å². The van der Waals surface area contributed by atoms with Crippen LogP contribution in [0.3, 0.4) is 0 Å². The maximum atomic E-state index is 13.3. The highest BCUT2D eigenvalue weighted by atomic mass is 35.5. The number of halogens is 2. The van der Waals surface area contributed by atoms with Crippen LogP contribution in [0.5, 0.6) is 11.5 Å². The number of rotatable bonds is 10. The average Bonchev–Trinajstić information content (AvgIpc) is 3.32. The summed E-state index contributed by atoms with van der Waals surface area (Å²) in [7, 11) is 1.58. The number of amides is 2. The Morgan fingerprint density at radius 3 is 2.36 bits per heavy atom. The molecule has 3 rings (SSSR count). The lowest BCUT2D eigenvalue weighted by Crippen LogP contribution is -2.52. The minimum atomic E-state index is -0.635. The average molecular weight is 493 g/mol. The van der Waals surface area contributed by atoms with Crippen LogP contribution in [0.1, 0.15) is 44.6 Å². The summed E-state index contributed by atoms with van der Waals surface area (Å²) < 4.78 is 10.9. The summed E-state index contributed by atoms with van der Waals surface area (Å²) >= 11 is 12.4. The van der Waals surface area contributed by atoms with Gasteiger partial charge < -0.3 is 19.7 Å². The third kappa shape index (κ3) is 7.02. The van der Waals surface area contributed by atoms with Gasteiger partial charge in [0.1, 0.15) is 17.5 Å². The lowest BCUT2D eigenvalue weighted by atomic mass is 10.1. The molecule has 33 heavy (non-hydrogen) atoms. The van der Waals surface area contributed by atoms with Crippen molar-refractivity contribution in [1.82, 2.24) is 10.2 Å². The van der Waals surface area contributed by atoms with Gasteiger partial charge in [0.2, 0.25) is 5.91 Å². The van der Waals surface area contributed by atoms with Gasteiger partial charge in [-0.05, 0) is 61.2 Å². The van der Waals surface area contributed by atoms with Crippen molar-refractivity contribution in [2.24, 2.45) is 0 Å². The second-order valence-corrected chi connectivity index (χ2v) is 8.98. The van der Waals surface area contributed by atoms with Crippen molar-refractivity contribution in [1.29, 1.82) is 0 Å². The van der Waals surface area contributed by atoms with Crippen LogP contribution in [0.4, 0.5) is 0 Å². The first-order chi connectivity index (χ1) is 15.9. The number of hydrogen-bond donors (Lipinski definition) is 1. The molecule has 0 spiro atoms. The Bertz CT molecular complexity index is 946. The predicted octanol–water partition coefficient (Wildman–Crippen LogP) is 5.25. The van der Waals surface area contributed by atoms with Crippen LogP contribution in [0, 0.1) is 0 Å². The molecule has 0 aromatic heterocycles. The van der Waals surface area contributed by atoms with Gasteiger partial charge in [-0.1, -0.05) is 49.0 Å². The Kier molecular flexibility index (Phi) is 9.27. The quantitative estimate of drug-likeness (QED) is 0.491. The van der Waals surface area contributed by atoms with E-state index in [0.29, 0.717) is 33.5 Å². The first-order valence-corrected chi connectivity index (χ1v) is 12.0. The van der Waals surface area contributed by atoms with Crippen LogP contribution in [0.2, 0.25) is 10.0 Å². The van der Waals surface area contributed by atoms with Gasteiger partial charge in [0.15, 0.2) is 6.61 Å². The van der Waals surface area contributed by atoms with Gasteiger partial charge in [-0.2, -0.15) is 0 Å². The number of nitrogens with zero attached hydrogens (tertiary/aromatic N) is 1. The molecule has 1 saturated carbocycles. The molecule has 2 aromatic rings. The van der Waals surface area contributed by atoms with Crippen LogP contribution < -0.4 is 14.8 Å². The van der Waals surface area contributed by atoms with E-state index in [-0.39, 0.29) is 31.0 Å². The number of carbonyl (C=O) groups excluding carboxylic acids is 2. The van der Waals surface area contributed by atoms with Crippen LogP contribution in [0.15, 0.2) is 42.5 Å². The lowest BCUT2D eigenvalue weighted by Gasteiger charge is -2.31. The van der Waals surface area contributed by atoms with Gasteiger partial charge in [-0.3, -0.25) is 9.59 Å². The van der Waals surface area contributed by atoms with Crippen molar-refractivity contribution in [2.45, 2.75) is 57.7 Å². The monoisotopic (exact) mass is 492 g/mol. The SMILES string of the molecule is CC[C@@H](C(=O)NC1CCCC1)N(Cc1ccc(Cl)cc1Cl)C(=O)COc1ccc(OC)cc1. The molecule has 178 valence electrons. The molecule has 8 heteroatoms. The first kappa shape index (κ1) is 25.2. The van der Waals surface area contributed by atoms with Crippen LogP contribution >= 0.6 is 23.2 Å². The third-order valence-corrected chi connectivity index (χ3v) is 6.45. The van der Waals surface area contributed by atoms with Crippen molar-refractivity contribution in [3.63, 3.8) is 0 Å². The molecular weight excluding hydrogens is 463 g/mol.